The van der Waals surface area contributed by atoms with Crippen molar-refractivity contribution in [2.24, 2.45) is 5.92 Å². The first-order valence-corrected chi connectivity index (χ1v) is 11.5. The van der Waals surface area contributed by atoms with Crippen molar-refractivity contribution in [2.45, 2.75) is 83.1 Å². The molecule has 0 bridgehead atoms. The second kappa shape index (κ2) is 6.97. The topological polar surface area (TPSA) is 79.2 Å². The van der Waals surface area contributed by atoms with Gasteiger partial charge in [-0.15, -0.1) is 0 Å². The first-order valence-electron chi connectivity index (χ1n) is 11.5. The normalized spacial score (nSPS) is 34.7. The smallest absolute Gasteiger partial charge is 0.254 e. The van der Waals surface area contributed by atoms with Crippen LogP contribution < -0.4 is 9.47 Å². The summed E-state index contributed by atoms with van der Waals surface area (Å²) in [5, 5.41) is 20.6. The van der Waals surface area contributed by atoms with E-state index in [2.05, 4.69) is 26.8 Å². The van der Waals surface area contributed by atoms with Gasteiger partial charge in [0.15, 0.2) is 0 Å². The number of fused-ring (bicyclic) bond motifs is 2. The number of hydrogen-bond acceptors (Lipinski definition) is 5. The fourth-order valence-electron chi connectivity index (χ4n) is 6.25. The largest absolute Gasteiger partial charge is 0.487 e. The van der Waals surface area contributed by atoms with E-state index in [1.807, 2.05) is 13.0 Å². The molecule has 4 aliphatic rings. The van der Waals surface area contributed by atoms with Crippen LogP contribution in [0.4, 0.5) is 0 Å². The molecule has 1 saturated carbocycles. The monoisotopic (exact) mass is 427 g/mol. The highest BCUT2D eigenvalue weighted by molar-refractivity contribution is 6.00. The molecule has 5 atom stereocenters. The van der Waals surface area contributed by atoms with Gasteiger partial charge in [-0.3, -0.25) is 4.79 Å². The van der Waals surface area contributed by atoms with Gasteiger partial charge in [-0.2, -0.15) is 0 Å². The lowest BCUT2D eigenvalue weighted by molar-refractivity contribution is -0.125. The Labute approximate surface area is 183 Å². The molecule has 1 aliphatic carbocycles. The van der Waals surface area contributed by atoms with Gasteiger partial charge in [0, 0.05) is 29.5 Å². The number of rotatable bonds is 5. The van der Waals surface area contributed by atoms with Crippen molar-refractivity contribution in [3.8, 4) is 11.5 Å². The van der Waals surface area contributed by atoms with Gasteiger partial charge in [0.1, 0.15) is 23.2 Å². The third kappa shape index (κ3) is 3.02. The van der Waals surface area contributed by atoms with Crippen LogP contribution in [0, 0.1) is 5.92 Å². The lowest BCUT2D eigenvalue weighted by Crippen LogP contribution is -2.57. The van der Waals surface area contributed by atoms with Crippen molar-refractivity contribution in [1.82, 2.24) is 4.90 Å². The molecule has 3 aliphatic heterocycles. The maximum atomic E-state index is 13.0. The van der Waals surface area contributed by atoms with E-state index in [1.54, 1.807) is 4.90 Å². The standard InChI is InChI=1S/C25H33NO5/c1-14(2)6-5-8-25(4)17-7-9-24(3,29)22-19(17)20-18(31-25)12-15-16(21(20)30-22)13-26(10-11-27)23(15)28/h6,12,17,19,22,27,29H,5,7-11,13H2,1-4H3. The van der Waals surface area contributed by atoms with E-state index in [-0.39, 0.29) is 36.1 Å². The molecule has 1 fully saturated rings. The zero-order chi connectivity index (χ0) is 22.1. The first kappa shape index (κ1) is 20.8. The van der Waals surface area contributed by atoms with Gasteiger partial charge < -0.3 is 24.6 Å². The van der Waals surface area contributed by atoms with Crippen molar-refractivity contribution >= 4 is 5.91 Å². The number of aliphatic hydroxyl groups excluding tert-OH is 1. The Balaban J connectivity index is 1.61. The van der Waals surface area contributed by atoms with E-state index in [0.29, 0.717) is 25.1 Å². The molecule has 1 aromatic carbocycles. The number of β-amino-alcohol motifs (C(OH)–C–C–N with tert-alkyl or cyclic N) is 1. The van der Waals surface area contributed by atoms with Crippen LogP contribution in [-0.2, 0) is 6.54 Å². The molecule has 6 heteroatoms. The SMILES string of the molecule is CC(C)=CCCC1(C)Oc2cc3c(c4c2C2C(O4)C(C)(O)CCC21)CN(CCO)C3=O. The Bertz CT molecular complexity index is 963. The van der Waals surface area contributed by atoms with Gasteiger partial charge in [-0.05, 0) is 59.4 Å². The van der Waals surface area contributed by atoms with E-state index >= 15 is 0 Å². The summed E-state index contributed by atoms with van der Waals surface area (Å²) in [5.41, 5.74) is 2.50. The van der Waals surface area contributed by atoms with Crippen LogP contribution in [0.3, 0.4) is 0 Å². The van der Waals surface area contributed by atoms with Crippen molar-refractivity contribution in [3.05, 3.63) is 34.4 Å². The zero-order valence-electron chi connectivity index (χ0n) is 18.9. The molecule has 6 nitrogen and oxygen atoms in total. The number of nitrogens with zero attached hydrogens (tertiary/aromatic N) is 1. The minimum Gasteiger partial charge on any atom is -0.487 e. The summed E-state index contributed by atoms with van der Waals surface area (Å²) < 4.78 is 13.2. The first-order chi connectivity index (χ1) is 14.7. The van der Waals surface area contributed by atoms with Crippen molar-refractivity contribution < 1.29 is 24.5 Å². The minimum absolute atomic E-state index is 0.0616. The van der Waals surface area contributed by atoms with E-state index in [9.17, 15) is 15.0 Å². The minimum atomic E-state index is -0.921. The van der Waals surface area contributed by atoms with Gasteiger partial charge in [0.2, 0.25) is 0 Å². The molecular weight excluding hydrogens is 394 g/mol. The fraction of sp³-hybridized carbons (Fsp3) is 0.640. The number of carbonyl (C=O) groups excluding carboxylic acids is 1. The quantitative estimate of drug-likeness (QED) is 0.703. The third-order valence-corrected chi connectivity index (χ3v) is 7.85. The van der Waals surface area contributed by atoms with Gasteiger partial charge in [-0.25, -0.2) is 0 Å². The molecule has 3 heterocycles. The van der Waals surface area contributed by atoms with E-state index in [1.165, 1.54) is 5.57 Å². The van der Waals surface area contributed by atoms with Crippen LogP contribution in [0.1, 0.15) is 80.8 Å². The molecule has 0 saturated heterocycles. The molecule has 1 aromatic rings. The Morgan fingerprint density at radius 3 is 2.84 bits per heavy atom. The number of hydrogen-bond donors (Lipinski definition) is 2. The maximum Gasteiger partial charge on any atom is 0.254 e. The van der Waals surface area contributed by atoms with Crippen LogP contribution >= 0.6 is 0 Å². The lowest BCUT2D eigenvalue weighted by atomic mass is 9.61. The van der Waals surface area contributed by atoms with Crippen LogP contribution in [-0.4, -0.2) is 51.5 Å². The molecule has 168 valence electrons. The Kier molecular flexibility index (Phi) is 4.69. The number of aliphatic hydroxyl groups is 2. The predicted octanol–water partition coefficient (Wildman–Crippen LogP) is 3.54. The van der Waals surface area contributed by atoms with Crippen LogP contribution in [0.2, 0.25) is 0 Å². The number of amides is 1. The molecule has 0 spiro atoms. The van der Waals surface area contributed by atoms with Crippen LogP contribution in [0.15, 0.2) is 17.7 Å². The van der Waals surface area contributed by atoms with Gasteiger partial charge >= 0.3 is 0 Å². The van der Waals surface area contributed by atoms with Gasteiger partial charge in [-0.1, -0.05) is 11.6 Å². The average Bonchev–Trinajstić information content (AvgIpc) is 3.23. The third-order valence-electron chi connectivity index (χ3n) is 7.85. The maximum absolute atomic E-state index is 13.0. The summed E-state index contributed by atoms with van der Waals surface area (Å²) in [6.45, 7) is 8.93. The zero-order valence-corrected chi connectivity index (χ0v) is 18.9. The number of carbonyl (C=O) groups is 1. The molecule has 1 amide bonds. The van der Waals surface area contributed by atoms with Crippen molar-refractivity contribution in [3.63, 3.8) is 0 Å². The molecule has 0 radical (unpaired) electrons. The summed E-state index contributed by atoms with van der Waals surface area (Å²) in [6.07, 6.45) is 5.27. The second-order valence-corrected chi connectivity index (χ2v) is 10.4. The van der Waals surface area contributed by atoms with Crippen molar-refractivity contribution in [1.29, 1.82) is 0 Å². The predicted molar refractivity (Wildman–Crippen MR) is 116 cm³/mol. The number of ether oxygens (including phenoxy) is 2. The highest BCUT2D eigenvalue weighted by atomic mass is 16.5. The van der Waals surface area contributed by atoms with Crippen LogP contribution in [0.5, 0.6) is 11.5 Å². The Hall–Kier alpha value is -2.05. The Morgan fingerprint density at radius 2 is 2.13 bits per heavy atom. The van der Waals surface area contributed by atoms with Gasteiger partial charge in [0.25, 0.3) is 5.91 Å². The average molecular weight is 428 g/mol. The van der Waals surface area contributed by atoms with Gasteiger partial charge in [0.05, 0.1) is 24.3 Å². The lowest BCUT2D eigenvalue weighted by Gasteiger charge is -2.51. The summed E-state index contributed by atoms with van der Waals surface area (Å²) in [5.74, 6) is 1.68. The summed E-state index contributed by atoms with van der Waals surface area (Å²) in [7, 11) is 0. The number of benzene rings is 1. The highest BCUT2D eigenvalue weighted by Gasteiger charge is 2.61. The fourth-order valence-corrected chi connectivity index (χ4v) is 6.25. The van der Waals surface area contributed by atoms with E-state index in [0.717, 1.165) is 41.9 Å². The molecule has 2 N–H and O–H groups in total. The summed E-state index contributed by atoms with van der Waals surface area (Å²) in [4.78, 5) is 14.6. The second-order valence-electron chi connectivity index (χ2n) is 10.4. The van der Waals surface area contributed by atoms with E-state index < -0.39 is 5.60 Å². The number of allylic oxidation sites excluding steroid dienone is 2. The summed E-state index contributed by atoms with van der Waals surface area (Å²) in [6, 6.07) is 1.89. The van der Waals surface area contributed by atoms with E-state index in [4.69, 9.17) is 9.47 Å². The molecular formula is C25H33NO5. The molecule has 5 rings (SSSR count). The van der Waals surface area contributed by atoms with Crippen LogP contribution in [0.25, 0.3) is 0 Å². The molecule has 31 heavy (non-hydrogen) atoms. The molecule has 5 unspecified atom stereocenters. The summed E-state index contributed by atoms with van der Waals surface area (Å²) >= 11 is 0. The Morgan fingerprint density at radius 1 is 1.35 bits per heavy atom. The molecule has 0 aromatic heterocycles. The van der Waals surface area contributed by atoms with Crippen molar-refractivity contribution in [2.75, 3.05) is 13.2 Å². The highest BCUT2D eigenvalue weighted by Crippen LogP contribution is 2.63.